The third kappa shape index (κ3) is 4.94. The van der Waals surface area contributed by atoms with Crippen LogP contribution < -0.4 is 0 Å². The summed E-state index contributed by atoms with van der Waals surface area (Å²) in [5.41, 5.74) is 4.38. The third-order valence-corrected chi connectivity index (χ3v) is 10.3. The normalized spacial score (nSPS) is 14.6. The Kier molecular flexibility index (Phi) is 4.88. The van der Waals surface area contributed by atoms with Crippen LogP contribution in [0, 0.1) is 0 Å². The van der Waals surface area contributed by atoms with Gasteiger partial charge >= 0.3 is 0 Å². The maximum absolute atomic E-state index is 9.33. The fraction of sp³-hybridized carbons (Fsp3) is 0. The lowest BCUT2D eigenvalue weighted by Crippen LogP contribution is -2.00. The molecule has 266 valence electrons. The highest BCUT2D eigenvalue weighted by Crippen LogP contribution is 2.41. The van der Waals surface area contributed by atoms with E-state index in [4.69, 9.17) is 37.5 Å². The number of hydrogen-bond donors (Lipinski definition) is 0. The Balaban J connectivity index is 1.13. The van der Waals surface area contributed by atoms with Gasteiger partial charge in [0.05, 0.1) is 31.8 Å². The van der Waals surface area contributed by atoms with Crippen LogP contribution in [0.2, 0.25) is 0 Å². The second kappa shape index (κ2) is 12.3. The molecule has 0 aliphatic carbocycles. The van der Waals surface area contributed by atoms with Gasteiger partial charge in [0.1, 0.15) is 16.7 Å². The lowest BCUT2D eigenvalue weighted by atomic mass is 10.0. The van der Waals surface area contributed by atoms with Gasteiger partial charge in [0.15, 0.2) is 23.1 Å². The van der Waals surface area contributed by atoms with Crippen LogP contribution in [0.1, 0.15) is 15.1 Å². The molecule has 0 aliphatic rings. The van der Waals surface area contributed by atoms with Crippen molar-refractivity contribution in [1.29, 1.82) is 0 Å². The minimum Gasteiger partial charge on any atom is -0.456 e. The van der Waals surface area contributed by atoms with Gasteiger partial charge in [-0.3, -0.25) is 0 Å². The molecule has 0 unspecified atom stereocenters. The molecule has 12 aromatic rings. The van der Waals surface area contributed by atoms with Gasteiger partial charge in [0.25, 0.3) is 0 Å². The number of hydrogen-bond acceptors (Lipinski definition) is 5. The number of furan rings is 2. The standard InChI is InChI=1S/C51H30N4O2/c1-3-13-31(14-4-1)33-25-27-37-38-28-26-34(30-46(38)56-45(37)29-33)50-52-49(32-15-5-2-6-16-32)53-51(54-50)40-20-12-24-44-47(40)39-19-11-23-43(48(39)57-44)55-41-21-9-7-17-35(41)36-18-8-10-22-42(36)55/h1-30H/i7D,8D,9D,10D,11D,12D,17D,18D,21D,23D,24D. The quantitative estimate of drug-likeness (QED) is 0.176. The van der Waals surface area contributed by atoms with Crippen molar-refractivity contribution in [1.82, 2.24) is 19.5 Å². The fourth-order valence-corrected chi connectivity index (χ4v) is 7.71. The predicted molar refractivity (Wildman–Crippen MR) is 230 cm³/mol. The molecule has 0 fully saturated rings. The maximum Gasteiger partial charge on any atom is 0.164 e. The van der Waals surface area contributed by atoms with Crippen LogP contribution in [0.4, 0.5) is 0 Å². The predicted octanol–water partition coefficient (Wildman–Crippen LogP) is 13.4. The number of nitrogens with zero attached hydrogens (tertiary/aromatic N) is 4. The van der Waals surface area contributed by atoms with Crippen LogP contribution in [-0.2, 0) is 0 Å². The topological polar surface area (TPSA) is 69.9 Å². The summed E-state index contributed by atoms with van der Waals surface area (Å²) >= 11 is 0. The summed E-state index contributed by atoms with van der Waals surface area (Å²) in [5.74, 6) is 0.664. The van der Waals surface area contributed by atoms with Crippen LogP contribution in [0.15, 0.2) is 191 Å². The Morgan fingerprint density at radius 3 is 1.88 bits per heavy atom. The Labute approximate surface area is 341 Å². The molecule has 12 rings (SSSR count). The van der Waals surface area contributed by atoms with E-state index in [2.05, 4.69) is 6.07 Å². The molecular formula is C51H30N4O2. The van der Waals surface area contributed by atoms with Gasteiger partial charge in [-0.1, -0.05) is 133 Å². The second-order valence-electron chi connectivity index (χ2n) is 13.6. The molecule has 8 aromatic carbocycles. The summed E-state index contributed by atoms with van der Waals surface area (Å²) in [6.45, 7) is 0. The monoisotopic (exact) mass is 741 g/mol. The van der Waals surface area contributed by atoms with E-state index >= 15 is 0 Å². The van der Waals surface area contributed by atoms with Gasteiger partial charge < -0.3 is 13.4 Å². The van der Waals surface area contributed by atoms with Crippen LogP contribution in [0.3, 0.4) is 0 Å². The summed E-state index contributed by atoms with van der Waals surface area (Å²) in [4.78, 5) is 14.9. The molecule has 0 spiro atoms. The summed E-state index contributed by atoms with van der Waals surface area (Å²) in [5, 5.41) is 2.10. The molecule has 4 heterocycles. The molecule has 0 amide bonds. The van der Waals surface area contributed by atoms with Crippen LogP contribution in [0.5, 0.6) is 0 Å². The molecule has 4 aromatic heterocycles. The number of benzene rings is 8. The van der Waals surface area contributed by atoms with Crippen molar-refractivity contribution in [2.45, 2.75) is 0 Å². The lowest BCUT2D eigenvalue weighted by molar-refractivity contribution is 0.666. The molecule has 0 saturated carbocycles. The summed E-state index contributed by atoms with van der Waals surface area (Å²) in [6, 6.07) is 30.4. The Hall–Kier alpha value is -7.83. The first-order chi connectivity index (χ1) is 32.8. The van der Waals surface area contributed by atoms with Crippen LogP contribution in [0.25, 0.3) is 117 Å². The molecule has 0 bridgehead atoms. The minimum atomic E-state index is -0.601. The van der Waals surface area contributed by atoms with E-state index in [1.54, 1.807) is 0 Å². The maximum atomic E-state index is 9.33. The first-order valence-electron chi connectivity index (χ1n) is 23.6. The molecule has 6 heteroatoms. The van der Waals surface area contributed by atoms with Crippen molar-refractivity contribution >= 4 is 65.7 Å². The van der Waals surface area contributed by atoms with Crippen molar-refractivity contribution in [2.75, 3.05) is 0 Å². The molecule has 6 nitrogen and oxygen atoms in total. The summed E-state index contributed by atoms with van der Waals surface area (Å²) in [7, 11) is 0. The SMILES string of the molecule is [2H]c1cc2c(oc3c([2H])c([2H])cc(-c4nc(-c5ccccc5)nc(-c5ccc6c(c5)oc5cc(-c7ccccc7)ccc56)n4)c32)c(-n2c3cc([2H])c([2H])c([2H])c3c3c([2H])c([2H])c([2H])c([2H])c32)c1[2H]. The average molecular weight is 742 g/mol. The molecule has 0 radical (unpaired) electrons. The fourth-order valence-electron chi connectivity index (χ4n) is 7.71. The third-order valence-electron chi connectivity index (χ3n) is 10.3. The molecule has 0 N–H and O–H groups in total. The Morgan fingerprint density at radius 1 is 0.421 bits per heavy atom. The van der Waals surface area contributed by atoms with E-state index < -0.39 is 42.3 Å². The van der Waals surface area contributed by atoms with E-state index in [1.807, 2.05) is 91.0 Å². The van der Waals surface area contributed by atoms with E-state index in [0.717, 1.165) is 21.9 Å². The highest BCUT2D eigenvalue weighted by Gasteiger charge is 2.22. The first-order valence-corrected chi connectivity index (χ1v) is 18.1. The van der Waals surface area contributed by atoms with E-state index in [1.165, 1.54) is 22.8 Å². The van der Waals surface area contributed by atoms with Crippen molar-refractivity contribution < 1.29 is 23.9 Å². The molecule has 0 saturated heterocycles. The molecule has 0 atom stereocenters. The Bertz CT molecular complexity index is 4170. The zero-order valence-electron chi connectivity index (χ0n) is 40.6. The van der Waals surface area contributed by atoms with E-state index in [-0.39, 0.29) is 90.8 Å². The Morgan fingerprint density at radius 2 is 1.07 bits per heavy atom. The second-order valence-corrected chi connectivity index (χ2v) is 13.6. The highest BCUT2D eigenvalue weighted by molar-refractivity contribution is 6.16. The van der Waals surface area contributed by atoms with Crippen molar-refractivity contribution in [3.63, 3.8) is 0 Å². The van der Waals surface area contributed by atoms with E-state index in [9.17, 15) is 1.37 Å². The van der Waals surface area contributed by atoms with Gasteiger partial charge in [-0.05, 0) is 59.6 Å². The van der Waals surface area contributed by atoms with Gasteiger partial charge in [-0.15, -0.1) is 0 Å². The first kappa shape index (κ1) is 22.5. The van der Waals surface area contributed by atoms with Crippen molar-refractivity contribution in [3.05, 3.63) is 182 Å². The molecular weight excluding hydrogens is 701 g/mol. The largest absolute Gasteiger partial charge is 0.456 e. The summed E-state index contributed by atoms with van der Waals surface area (Å²) in [6.07, 6.45) is 0. The lowest BCUT2D eigenvalue weighted by Gasteiger charge is -2.10. The average Bonchev–Trinajstić information content (AvgIpc) is 4.03. The van der Waals surface area contributed by atoms with Crippen LogP contribution >= 0.6 is 0 Å². The smallest absolute Gasteiger partial charge is 0.164 e. The van der Waals surface area contributed by atoms with Crippen molar-refractivity contribution in [2.24, 2.45) is 0 Å². The molecule has 0 aliphatic heterocycles. The summed E-state index contributed by atoms with van der Waals surface area (Å²) < 4.78 is 112. The van der Waals surface area contributed by atoms with Crippen LogP contribution in [-0.4, -0.2) is 19.5 Å². The highest BCUT2D eigenvalue weighted by atomic mass is 16.3. The van der Waals surface area contributed by atoms with Gasteiger partial charge in [0, 0.05) is 49.0 Å². The molecule has 57 heavy (non-hydrogen) atoms. The van der Waals surface area contributed by atoms with Gasteiger partial charge in [0.2, 0.25) is 0 Å². The minimum absolute atomic E-state index is 0.0130. The van der Waals surface area contributed by atoms with Gasteiger partial charge in [-0.2, -0.15) is 0 Å². The number of aromatic nitrogens is 4. The van der Waals surface area contributed by atoms with E-state index in [0.29, 0.717) is 28.1 Å². The number of rotatable bonds is 5. The zero-order chi connectivity index (χ0) is 47.0. The van der Waals surface area contributed by atoms with Gasteiger partial charge in [-0.25, -0.2) is 15.0 Å². The van der Waals surface area contributed by atoms with Crippen molar-refractivity contribution in [3.8, 4) is 51.0 Å². The zero-order valence-corrected chi connectivity index (χ0v) is 29.6. The number of fused-ring (bicyclic) bond motifs is 9. The number of para-hydroxylation sites is 3.